The highest BCUT2D eigenvalue weighted by atomic mass is 35.5. The van der Waals surface area contributed by atoms with Gasteiger partial charge in [-0.25, -0.2) is 0 Å². The average molecular weight is 259 g/mol. The van der Waals surface area contributed by atoms with Crippen LogP contribution in [0.15, 0.2) is 18.2 Å². The second kappa shape index (κ2) is 5.37. The maximum atomic E-state index is 6.12. The topological polar surface area (TPSA) is 38.0 Å². The largest absolute Gasteiger partial charge is 0.271 e. The molecule has 0 bridgehead atoms. The Bertz CT molecular complexity index is 364. The van der Waals surface area contributed by atoms with E-state index in [2.05, 4.69) is 5.43 Å². The first-order valence-electron chi connectivity index (χ1n) is 5.59. The molecule has 0 aromatic heterocycles. The summed E-state index contributed by atoms with van der Waals surface area (Å²) in [5.41, 5.74) is 3.93. The van der Waals surface area contributed by atoms with Crippen molar-refractivity contribution in [2.24, 2.45) is 11.8 Å². The fourth-order valence-electron chi connectivity index (χ4n) is 1.93. The van der Waals surface area contributed by atoms with E-state index in [1.54, 1.807) is 6.07 Å². The second-order valence-corrected chi connectivity index (χ2v) is 5.33. The van der Waals surface area contributed by atoms with Gasteiger partial charge in [-0.05, 0) is 42.5 Å². The predicted octanol–water partition coefficient (Wildman–Crippen LogP) is 3.17. The van der Waals surface area contributed by atoms with E-state index in [9.17, 15) is 0 Å². The van der Waals surface area contributed by atoms with E-state index in [4.69, 9.17) is 29.0 Å². The summed E-state index contributed by atoms with van der Waals surface area (Å²) in [4.78, 5) is 0. The highest BCUT2D eigenvalue weighted by molar-refractivity contribution is 6.33. The minimum absolute atomic E-state index is 0.295. The summed E-state index contributed by atoms with van der Waals surface area (Å²) >= 11 is 12.1. The van der Waals surface area contributed by atoms with E-state index < -0.39 is 0 Å². The van der Waals surface area contributed by atoms with Crippen molar-refractivity contribution in [2.75, 3.05) is 0 Å². The lowest BCUT2D eigenvalue weighted by atomic mass is 10.0. The molecule has 2 rings (SSSR count). The molecule has 1 saturated carbocycles. The standard InChI is InChI=1S/C12H16Cl2N2/c13-10-3-4-12(14)9(6-10)7-11(16-15)5-8-1-2-8/h3-4,6,8,11,16H,1-2,5,7,15H2. The Balaban J connectivity index is 2.01. The molecule has 88 valence electrons. The van der Waals surface area contributed by atoms with Gasteiger partial charge in [0.05, 0.1) is 0 Å². The van der Waals surface area contributed by atoms with Crippen LogP contribution in [0.2, 0.25) is 10.0 Å². The number of nitrogens with one attached hydrogen (secondary N) is 1. The predicted molar refractivity (Wildman–Crippen MR) is 68.6 cm³/mol. The van der Waals surface area contributed by atoms with Crippen LogP contribution in [0.3, 0.4) is 0 Å². The number of hydrogen-bond acceptors (Lipinski definition) is 2. The first kappa shape index (κ1) is 12.2. The number of benzene rings is 1. The molecule has 0 radical (unpaired) electrons. The first-order chi connectivity index (χ1) is 7.69. The van der Waals surface area contributed by atoms with Crippen LogP contribution in [0, 0.1) is 5.92 Å². The highest BCUT2D eigenvalue weighted by Gasteiger charge is 2.25. The van der Waals surface area contributed by atoms with E-state index in [1.165, 1.54) is 12.8 Å². The first-order valence-corrected chi connectivity index (χ1v) is 6.34. The van der Waals surface area contributed by atoms with Crippen LogP contribution in [0.4, 0.5) is 0 Å². The minimum Gasteiger partial charge on any atom is -0.271 e. The van der Waals surface area contributed by atoms with Crippen LogP contribution in [0.25, 0.3) is 0 Å². The summed E-state index contributed by atoms with van der Waals surface area (Å²) in [5, 5.41) is 1.49. The van der Waals surface area contributed by atoms with Gasteiger partial charge in [-0.3, -0.25) is 11.3 Å². The fourth-order valence-corrected chi connectivity index (χ4v) is 2.32. The number of rotatable bonds is 5. The summed E-state index contributed by atoms with van der Waals surface area (Å²) < 4.78 is 0. The van der Waals surface area contributed by atoms with Gasteiger partial charge in [0.2, 0.25) is 0 Å². The lowest BCUT2D eigenvalue weighted by molar-refractivity contribution is 0.466. The zero-order chi connectivity index (χ0) is 11.5. The molecule has 0 amide bonds. The summed E-state index contributed by atoms with van der Waals surface area (Å²) in [6.07, 6.45) is 4.63. The van der Waals surface area contributed by atoms with Crippen molar-refractivity contribution < 1.29 is 0 Å². The van der Waals surface area contributed by atoms with Crippen LogP contribution in [0.5, 0.6) is 0 Å². The highest BCUT2D eigenvalue weighted by Crippen LogP contribution is 2.34. The zero-order valence-corrected chi connectivity index (χ0v) is 10.6. The molecule has 1 atom stereocenters. The molecule has 1 aromatic carbocycles. The molecule has 2 nitrogen and oxygen atoms in total. The fraction of sp³-hybridized carbons (Fsp3) is 0.500. The molecule has 0 saturated heterocycles. The molecular weight excluding hydrogens is 243 g/mol. The maximum Gasteiger partial charge on any atom is 0.0439 e. The summed E-state index contributed by atoms with van der Waals surface area (Å²) in [5.74, 6) is 6.41. The Morgan fingerprint density at radius 1 is 1.38 bits per heavy atom. The molecule has 0 spiro atoms. The van der Waals surface area contributed by atoms with Crippen LogP contribution in [-0.2, 0) is 6.42 Å². The second-order valence-electron chi connectivity index (χ2n) is 4.48. The SMILES string of the molecule is NNC(Cc1cc(Cl)ccc1Cl)CC1CC1. The van der Waals surface area contributed by atoms with Gasteiger partial charge in [0.15, 0.2) is 0 Å². The Labute approximate surface area is 106 Å². The molecule has 0 aliphatic heterocycles. The molecule has 1 unspecified atom stereocenters. The van der Waals surface area contributed by atoms with Gasteiger partial charge in [0.25, 0.3) is 0 Å². The monoisotopic (exact) mass is 258 g/mol. The van der Waals surface area contributed by atoms with Crippen molar-refractivity contribution >= 4 is 23.2 Å². The van der Waals surface area contributed by atoms with Gasteiger partial charge in [0.1, 0.15) is 0 Å². The van der Waals surface area contributed by atoms with Gasteiger partial charge in [-0.15, -0.1) is 0 Å². The van der Waals surface area contributed by atoms with Gasteiger partial charge < -0.3 is 0 Å². The number of hydrazine groups is 1. The zero-order valence-electron chi connectivity index (χ0n) is 9.05. The van der Waals surface area contributed by atoms with E-state index >= 15 is 0 Å². The Kier molecular flexibility index (Phi) is 4.09. The third kappa shape index (κ3) is 3.36. The van der Waals surface area contributed by atoms with Gasteiger partial charge in [0, 0.05) is 16.1 Å². The molecule has 3 N–H and O–H groups in total. The van der Waals surface area contributed by atoms with Crippen molar-refractivity contribution in [1.82, 2.24) is 5.43 Å². The molecular formula is C12H16Cl2N2. The normalized spacial score (nSPS) is 17.4. The average Bonchev–Trinajstić information content (AvgIpc) is 3.06. The van der Waals surface area contributed by atoms with E-state index in [0.717, 1.165) is 34.4 Å². The van der Waals surface area contributed by atoms with Crippen molar-refractivity contribution in [1.29, 1.82) is 0 Å². The summed E-state index contributed by atoms with van der Waals surface area (Å²) in [7, 11) is 0. The lowest BCUT2D eigenvalue weighted by Crippen LogP contribution is -2.37. The van der Waals surface area contributed by atoms with E-state index in [0.29, 0.717) is 6.04 Å². The van der Waals surface area contributed by atoms with Crippen molar-refractivity contribution in [3.05, 3.63) is 33.8 Å². The van der Waals surface area contributed by atoms with Crippen LogP contribution in [0.1, 0.15) is 24.8 Å². The molecule has 1 aliphatic rings. The smallest absolute Gasteiger partial charge is 0.0439 e. The van der Waals surface area contributed by atoms with Crippen LogP contribution < -0.4 is 11.3 Å². The van der Waals surface area contributed by atoms with Crippen LogP contribution >= 0.6 is 23.2 Å². The van der Waals surface area contributed by atoms with Crippen molar-refractivity contribution in [2.45, 2.75) is 31.7 Å². The van der Waals surface area contributed by atoms with Crippen LogP contribution in [-0.4, -0.2) is 6.04 Å². The minimum atomic E-state index is 0.295. The van der Waals surface area contributed by atoms with E-state index in [-0.39, 0.29) is 0 Å². The number of nitrogens with two attached hydrogens (primary N) is 1. The summed E-state index contributed by atoms with van der Waals surface area (Å²) in [6.45, 7) is 0. The third-order valence-electron chi connectivity index (χ3n) is 3.02. The maximum absolute atomic E-state index is 6.12. The molecule has 4 heteroatoms. The quantitative estimate of drug-likeness (QED) is 0.629. The Morgan fingerprint density at radius 3 is 2.75 bits per heavy atom. The Morgan fingerprint density at radius 2 is 2.12 bits per heavy atom. The third-order valence-corrected chi connectivity index (χ3v) is 3.63. The summed E-state index contributed by atoms with van der Waals surface area (Å²) in [6, 6.07) is 5.85. The van der Waals surface area contributed by atoms with Gasteiger partial charge >= 0.3 is 0 Å². The van der Waals surface area contributed by atoms with Crippen molar-refractivity contribution in [3.8, 4) is 0 Å². The van der Waals surface area contributed by atoms with Crippen molar-refractivity contribution in [3.63, 3.8) is 0 Å². The molecule has 16 heavy (non-hydrogen) atoms. The van der Waals surface area contributed by atoms with E-state index in [1.807, 2.05) is 12.1 Å². The molecule has 1 aromatic rings. The molecule has 0 heterocycles. The van der Waals surface area contributed by atoms with Gasteiger partial charge in [-0.1, -0.05) is 36.0 Å². The lowest BCUT2D eigenvalue weighted by Gasteiger charge is -2.16. The van der Waals surface area contributed by atoms with Gasteiger partial charge in [-0.2, -0.15) is 0 Å². The number of hydrogen-bond donors (Lipinski definition) is 2. The Hall–Kier alpha value is -0.280. The molecule has 1 aliphatic carbocycles. The number of halogens is 2. The molecule has 1 fully saturated rings.